The van der Waals surface area contributed by atoms with Gasteiger partial charge in [-0.05, 0) is 14.0 Å². The van der Waals surface area contributed by atoms with Gasteiger partial charge in [0, 0.05) is 45.8 Å². The highest BCUT2D eigenvalue weighted by molar-refractivity contribution is 6.32. The standard InChI is InChI=1S/C13H22ClN5O/c1-3-19-13(20)12(14)11(10-16-19)15-4-5-18-8-6-17(2)7-9-18/h10,15H,3-9H2,1-2H3. The van der Waals surface area contributed by atoms with Crippen LogP contribution >= 0.6 is 11.6 Å². The molecule has 0 saturated carbocycles. The summed E-state index contributed by atoms with van der Waals surface area (Å²) in [4.78, 5) is 16.6. The fourth-order valence-electron chi connectivity index (χ4n) is 2.23. The molecular weight excluding hydrogens is 278 g/mol. The van der Waals surface area contributed by atoms with Gasteiger partial charge in [-0.25, -0.2) is 4.68 Å². The first-order valence-electron chi connectivity index (χ1n) is 7.02. The predicted octanol–water partition coefficient (Wildman–Crippen LogP) is 0.576. The summed E-state index contributed by atoms with van der Waals surface area (Å²) in [6.45, 7) is 8.49. The average molecular weight is 300 g/mol. The lowest BCUT2D eigenvalue weighted by molar-refractivity contribution is 0.158. The summed E-state index contributed by atoms with van der Waals surface area (Å²) in [7, 11) is 2.14. The topological polar surface area (TPSA) is 53.4 Å². The summed E-state index contributed by atoms with van der Waals surface area (Å²) in [6.07, 6.45) is 1.62. The second-order valence-electron chi connectivity index (χ2n) is 5.06. The molecule has 1 N–H and O–H groups in total. The Labute approximate surface area is 124 Å². The first-order chi connectivity index (χ1) is 9.61. The molecule has 2 rings (SSSR count). The van der Waals surface area contributed by atoms with Gasteiger partial charge in [-0.15, -0.1) is 0 Å². The molecule has 1 saturated heterocycles. The van der Waals surface area contributed by atoms with Crippen molar-refractivity contribution in [2.24, 2.45) is 0 Å². The quantitative estimate of drug-likeness (QED) is 0.862. The Morgan fingerprint density at radius 1 is 1.35 bits per heavy atom. The van der Waals surface area contributed by atoms with E-state index in [1.807, 2.05) is 6.92 Å². The van der Waals surface area contributed by atoms with Crippen LogP contribution in [0, 0.1) is 0 Å². The minimum Gasteiger partial charge on any atom is -0.381 e. The summed E-state index contributed by atoms with van der Waals surface area (Å²) < 4.78 is 1.36. The maximum absolute atomic E-state index is 11.8. The first-order valence-corrected chi connectivity index (χ1v) is 7.40. The van der Waals surface area contributed by atoms with Gasteiger partial charge < -0.3 is 10.2 Å². The summed E-state index contributed by atoms with van der Waals surface area (Å²) in [5, 5.41) is 7.49. The maximum atomic E-state index is 11.8. The van der Waals surface area contributed by atoms with Gasteiger partial charge in [0.15, 0.2) is 0 Å². The Hall–Kier alpha value is -1.11. The number of halogens is 1. The van der Waals surface area contributed by atoms with Gasteiger partial charge in [0.25, 0.3) is 5.56 Å². The van der Waals surface area contributed by atoms with E-state index in [0.29, 0.717) is 12.2 Å². The zero-order valence-electron chi connectivity index (χ0n) is 12.1. The smallest absolute Gasteiger partial charge is 0.287 e. The zero-order valence-corrected chi connectivity index (χ0v) is 12.9. The minimum absolute atomic E-state index is 0.222. The van der Waals surface area contributed by atoms with Crippen LogP contribution in [0.2, 0.25) is 5.02 Å². The van der Waals surface area contributed by atoms with E-state index in [0.717, 1.165) is 39.3 Å². The maximum Gasteiger partial charge on any atom is 0.287 e. The number of hydrogen-bond donors (Lipinski definition) is 1. The monoisotopic (exact) mass is 299 g/mol. The van der Waals surface area contributed by atoms with Crippen LogP contribution in [-0.4, -0.2) is 65.9 Å². The van der Waals surface area contributed by atoms with Crippen LogP contribution in [0.1, 0.15) is 6.92 Å². The zero-order chi connectivity index (χ0) is 14.5. The second kappa shape index (κ2) is 7.06. The van der Waals surface area contributed by atoms with Crippen molar-refractivity contribution in [3.63, 3.8) is 0 Å². The van der Waals surface area contributed by atoms with E-state index >= 15 is 0 Å². The van der Waals surface area contributed by atoms with Gasteiger partial charge in [0.2, 0.25) is 0 Å². The fourth-order valence-corrected chi connectivity index (χ4v) is 2.45. The summed E-state index contributed by atoms with van der Waals surface area (Å²) in [5.41, 5.74) is 0.384. The lowest BCUT2D eigenvalue weighted by Crippen LogP contribution is -2.45. The number of likely N-dealkylation sites (N-methyl/N-ethyl adjacent to an activating group) is 1. The molecule has 0 aliphatic carbocycles. The van der Waals surface area contributed by atoms with Crippen LogP contribution in [0.3, 0.4) is 0 Å². The lowest BCUT2D eigenvalue weighted by Gasteiger charge is -2.32. The van der Waals surface area contributed by atoms with Gasteiger partial charge in [0.1, 0.15) is 5.02 Å². The molecule has 20 heavy (non-hydrogen) atoms. The van der Waals surface area contributed by atoms with Crippen molar-refractivity contribution >= 4 is 17.3 Å². The normalized spacial score (nSPS) is 17.4. The van der Waals surface area contributed by atoms with Crippen molar-refractivity contribution in [2.75, 3.05) is 51.6 Å². The number of rotatable bonds is 5. The molecule has 0 radical (unpaired) electrons. The highest BCUT2D eigenvalue weighted by Gasteiger charge is 2.13. The van der Waals surface area contributed by atoms with E-state index in [1.54, 1.807) is 6.20 Å². The van der Waals surface area contributed by atoms with Crippen molar-refractivity contribution in [2.45, 2.75) is 13.5 Å². The van der Waals surface area contributed by atoms with E-state index in [4.69, 9.17) is 11.6 Å². The lowest BCUT2D eigenvalue weighted by atomic mass is 10.3. The second-order valence-corrected chi connectivity index (χ2v) is 5.44. The Bertz CT molecular complexity index is 496. The summed E-state index contributed by atoms with van der Waals surface area (Å²) >= 11 is 6.06. The molecule has 112 valence electrons. The first kappa shape index (κ1) is 15.3. The third-order valence-corrected chi connectivity index (χ3v) is 3.99. The Morgan fingerprint density at radius 2 is 2.05 bits per heavy atom. The largest absolute Gasteiger partial charge is 0.381 e. The molecule has 1 aliphatic heterocycles. The third-order valence-electron chi connectivity index (χ3n) is 3.62. The Kier molecular flexibility index (Phi) is 5.39. The number of aromatic nitrogens is 2. The van der Waals surface area contributed by atoms with Gasteiger partial charge in [0.05, 0.1) is 11.9 Å². The van der Waals surface area contributed by atoms with E-state index < -0.39 is 0 Å². The molecule has 7 heteroatoms. The van der Waals surface area contributed by atoms with Crippen LogP contribution in [0.5, 0.6) is 0 Å². The van der Waals surface area contributed by atoms with E-state index in [1.165, 1.54) is 4.68 Å². The van der Waals surface area contributed by atoms with Crippen molar-refractivity contribution in [1.29, 1.82) is 0 Å². The molecular formula is C13H22ClN5O. The number of nitrogens with zero attached hydrogens (tertiary/aromatic N) is 4. The van der Waals surface area contributed by atoms with Crippen molar-refractivity contribution in [3.05, 3.63) is 21.6 Å². The highest BCUT2D eigenvalue weighted by atomic mass is 35.5. The van der Waals surface area contributed by atoms with Crippen LogP contribution in [0.25, 0.3) is 0 Å². The van der Waals surface area contributed by atoms with Gasteiger partial charge in [-0.3, -0.25) is 9.69 Å². The fraction of sp³-hybridized carbons (Fsp3) is 0.692. The number of anilines is 1. The molecule has 2 heterocycles. The van der Waals surface area contributed by atoms with E-state index in [2.05, 4.69) is 27.3 Å². The SMILES string of the molecule is CCn1ncc(NCCN2CCN(C)CC2)c(Cl)c1=O. The number of aryl methyl sites for hydroxylation is 1. The van der Waals surface area contributed by atoms with Crippen LogP contribution in [0.4, 0.5) is 5.69 Å². The van der Waals surface area contributed by atoms with E-state index in [9.17, 15) is 4.79 Å². The van der Waals surface area contributed by atoms with Crippen LogP contribution in [0.15, 0.2) is 11.0 Å². The van der Waals surface area contributed by atoms with Crippen LogP contribution < -0.4 is 10.9 Å². The van der Waals surface area contributed by atoms with Crippen molar-refractivity contribution in [3.8, 4) is 0 Å². The molecule has 1 aromatic rings. The molecule has 1 aliphatic rings. The highest BCUT2D eigenvalue weighted by Crippen LogP contribution is 2.14. The molecule has 1 fully saturated rings. The van der Waals surface area contributed by atoms with Gasteiger partial charge in [-0.1, -0.05) is 11.6 Å². The summed E-state index contributed by atoms with van der Waals surface area (Å²) in [5.74, 6) is 0. The predicted molar refractivity (Wildman–Crippen MR) is 81.6 cm³/mol. The van der Waals surface area contributed by atoms with Gasteiger partial charge in [-0.2, -0.15) is 5.10 Å². The van der Waals surface area contributed by atoms with E-state index in [-0.39, 0.29) is 10.6 Å². The molecule has 1 aromatic heterocycles. The molecule has 0 unspecified atom stereocenters. The molecule has 0 amide bonds. The van der Waals surface area contributed by atoms with Crippen LogP contribution in [-0.2, 0) is 6.54 Å². The number of nitrogens with one attached hydrogen (secondary N) is 1. The average Bonchev–Trinajstić information content (AvgIpc) is 2.46. The number of piperazine rings is 1. The number of hydrogen-bond acceptors (Lipinski definition) is 5. The molecule has 0 atom stereocenters. The summed E-state index contributed by atoms with van der Waals surface area (Å²) in [6, 6.07) is 0. The van der Waals surface area contributed by atoms with Crippen molar-refractivity contribution in [1.82, 2.24) is 19.6 Å². The molecule has 0 aromatic carbocycles. The Morgan fingerprint density at radius 3 is 2.70 bits per heavy atom. The Balaban J connectivity index is 1.85. The van der Waals surface area contributed by atoms with Crippen molar-refractivity contribution < 1.29 is 0 Å². The third kappa shape index (κ3) is 3.71. The molecule has 6 nitrogen and oxygen atoms in total. The molecule has 0 spiro atoms. The molecule has 0 bridgehead atoms. The minimum atomic E-state index is -0.237. The van der Waals surface area contributed by atoms with Gasteiger partial charge >= 0.3 is 0 Å².